The molecular weight excluding hydrogens is 697 g/mol. The Kier molecular flexibility index (Phi) is 41.8. The fourth-order valence-corrected chi connectivity index (χ4v) is 7.46. The summed E-state index contributed by atoms with van der Waals surface area (Å²) in [5.74, 6) is 0.742. The van der Waals surface area contributed by atoms with Crippen LogP contribution in [0.3, 0.4) is 0 Å². The van der Waals surface area contributed by atoms with Crippen LogP contribution in [0.4, 0.5) is 0 Å². The maximum Gasteiger partial charge on any atom is 0.306 e. The van der Waals surface area contributed by atoms with Crippen molar-refractivity contribution in [2.75, 3.05) is 13.2 Å². The van der Waals surface area contributed by atoms with Crippen LogP contribution in [-0.2, 0) is 28.6 Å². The molecule has 0 N–H and O–H groups in total. The number of carbonyl (C=O) groups is 3. The lowest BCUT2D eigenvalue weighted by Crippen LogP contribution is -2.30. The van der Waals surface area contributed by atoms with Crippen LogP contribution in [0.5, 0.6) is 0 Å². The number of rotatable bonds is 44. The lowest BCUT2D eigenvalue weighted by Gasteiger charge is -2.18. The molecule has 332 valence electrons. The summed E-state index contributed by atoms with van der Waals surface area (Å²) in [6.45, 7) is 11.3. The zero-order chi connectivity index (χ0) is 41.2. The third-order valence-electron chi connectivity index (χ3n) is 11.2. The molecule has 0 aliphatic heterocycles. The number of hydrogen-bond acceptors (Lipinski definition) is 6. The third-order valence-corrected chi connectivity index (χ3v) is 11.2. The molecule has 0 aromatic carbocycles. The molecule has 0 heterocycles. The molecule has 0 bridgehead atoms. The Hall–Kier alpha value is -1.59. The number of unbranched alkanes of at least 4 members (excludes halogenated alkanes) is 29. The van der Waals surface area contributed by atoms with Crippen LogP contribution in [0.15, 0.2) is 0 Å². The summed E-state index contributed by atoms with van der Waals surface area (Å²) >= 11 is 0. The van der Waals surface area contributed by atoms with Crippen LogP contribution in [0.2, 0.25) is 0 Å². The highest BCUT2D eigenvalue weighted by molar-refractivity contribution is 5.71. The largest absolute Gasteiger partial charge is 0.462 e. The van der Waals surface area contributed by atoms with Crippen molar-refractivity contribution >= 4 is 17.9 Å². The predicted octanol–water partition coefficient (Wildman–Crippen LogP) is 15.8. The molecule has 6 heteroatoms. The molecule has 0 radical (unpaired) electrons. The predicted molar refractivity (Wildman–Crippen MR) is 238 cm³/mol. The average Bonchev–Trinajstić information content (AvgIpc) is 3.16. The van der Waals surface area contributed by atoms with Crippen LogP contribution in [0.1, 0.15) is 272 Å². The van der Waals surface area contributed by atoms with E-state index in [1.165, 1.54) is 161 Å². The highest BCUT2D eigenvalue weighted by Crippen LogP contribution is 2.17. The van der Waals surface area contributed by atoms with Crippen LogP contribution < -0.4 is 0 Å². The monoisotopic (exact) mass is 793 g/mol. The fourth-order valence-electron chi connectivity index (χ4n) is 7.46. The Balaban J connectivity index is 4.26. The highest BCUT2D eigenvalue weighted by Gasteiger charge is 2.19. The van der Waals surface area contributed by atoms with E-state index in [1.807, 2.05) is 0 Å². The lowest BCUT2D eigenvalue weighted by atomic mass is 10.0. The van der Waals surface area contributed by atoms with Gasteiger partial charge in [-0.15, -0.1) is 0 Å². The van der Waals surface area contributed by atoms with Crippen LogP contribution in [0.25, 0.3) is 0 Å². The highest BCUT2D eigenvalue weighted by atomic mass is 16.6. The third kappa shape index (κ3) is 43.5. The van der Waals surface area contributed by atoms with Gasteiger partial charge in [0.15, 0.2) is 6.10 Å². The maximum absolute atomic E-state index is 12.7. The summed E-state index contributed by atoms with van der Waals surface area (Å²) in [6, 6.07) is 0. The van der Waals surface area contributed by atoms with Crippen molar-refractivity contribution in [2.24, 2.45) is 11.8 Å². The zero-order valence-corrected chi connectivity index (χ0v) is 38.3. The second-order valence-corrected chi connectivity index (χ2v) is 18.1. The summed E-state index contributed by atoms with van der Waals surface area (Å²) in [5, 5.41) is 0. The van der Waals surface area contributed by atoms with Crippen molar-refractivity contribution < 1.29 is 28.6 Å². The van der Waals surface area contributed by atoms with Gasteiger partial charge in [-0.3, -0.25) is 14.4 Å². The topological polar surface area (TPSA) is 78.9 Å². The smallest absolute Gasteiger partial charge is 0.306 e. The minimum Gasteiger partial charge on any atom is -0.462 e. The van der Waals surface area contributed by atoms with Crippen molar-refractivity contribution in [3.05, 3.63) is 0 Å². The summed E-state index contributed by atoms with van der Waals surface area (Å²) < 4.78 is 16.7. The molecule has 0 aromatic heterocycles. The molecule has 0 rings (SSSR count). The molecule has 0 saturated carbocycles. The molecule has 0 fully saturated rings. The van der Waals surface area contributed by atoms with Crippen molar-refractivity contribution in [2.45, 2.75) is 278 Å². The van der Waals surface area contributed by atoms with E-state index in [-0.39, 0.29) is 31.1 Å². The van der Waals surface area contributed by atoms with E-state index < -0.39 is 6.10 Å². The zero-order valence-electron chi connectivity index (χ0n) is 38.3. The van der Waals surface area contributed by atoms with Gasteiger partial charge in [-0.2, -0.15) is 0 Å². The summed E-state index contributed by atoms with van der Waals surface area (Å²) in [7, 11) is 0. The van der Waals surface area contributed by atoms with E-state index in [1.54, 1.807) is 0 Å². The Morgan fingerprint density at radius 3 is 0.875 bits per heavy atom. The van der Waals surface area contributed by atoms with Crippen molar-refractivity contribution in [3.63, 3.8) is 0 Å². The van der Waals surface area contributed by atoms with Crippen molar-refractivity contribution in [1.29, 1.82) is 0 Å². The molecule has 56 heavy (non-hydrogen) atoms. The van der Waals surface area contributed by atoms with Gasteiger partial charge in [-0.05, 0) is 31.1 Å². The Labute approximate surface area is 348 Å². The molecule has 0 amide bonds. The minimum absolute atomic E-state index is 0.0650. The van der Waals surface area contributed by atoms with Gasteiger partial charge in [0.1, 0.15) is 13.2 Å². The van der Waals surface area contributed by atoms with Gasteiger partial charge >= 0.3 is 17.9 Å². The molecule has 0 aliphatic carbocycles. The van der Waals surface area contributed by atoms with Gasteiger partial charge in [0.25, 0.3) is 0 Å². The van der Waals surface area contributed by atoms with Crippen LogP contribution in [-0.4, -0.2) is 37.2 Å². The van der Waals surface area contributed by atoms with E-state index >= 15 is 0 Å². The molecule has 0 aromatic rings. The number of carbonyl (C=O) groups excluding carboxylic acids is 3. The molecule has 0 spiro atoms. The second kappa shape index (κ2) is 43.0. The minimum atomic E-state index is -0.761. The molecule has 1 atom stereocenters. The van der Waals surface area contributed by atoms with E-state index in [4.69, 9.17) is 14.2 Å². The summed E-state index contributed by atoms with van der Waals surface area (Å²) in [6.07, 6.45) is 42.4. The first-order valence-electron chi connectivity index (χ1n) is 24.7. The molecular formula is C50H96O6. The Bertz CT molecular complexity index is 854. The lowest BCUT2D eigenvalue weighted by molar-refractivity contribution is -0.167. The summed E-state index contributed by atoms with van der Waals surface area (Å²) in [5.41, 5.74) is 0. The standard InChI is InChI=1S/C50H96O6/c1-6-7-8-9-10-11-12-14-18-21-24-30-35-40-48(51)54-43-47(56-50(53)42-37-32-27-26-29-34-39-46(4)5)44-55-49(52)41-36-31-25-22-19-16-13-15-17-20-23-28-33-38-45(2)3/h45-47H,6-44H2,1-5H3/t47-/m1/s1. The number of hydrogen-bond donors (Lipinski definition) is 0. The summed E-state index contributed by atoms with van der Waals surface area (Å²) in [4.78, 5) is 37.8. The quantitative estimate of drug-likeness (QED) is 0.0347. The van der Waals surface area contributed by atoms with Gasteiger partial charge in [0, 0.05) is 19.3 Å². The average molecular weight is 793 g/mol. The first-order chi connectivity index (χ1) is 27.2. The fraction of sp³-hybridized carbons (Fsp3) is 0.940. The van der Waals surface area contributed by atoms with Gasteiger partial charge in [0.2, 0.25) is 0 Å². The molecule has 6 nitrogen and oxygen atoms in total. The molecule has 0 saturated heterocycles. The molecule has 0 unspecified atom stereocenters. The van der Waals surface area contributed by atoms with Crippen molar-refractivity contribution in [3.8, 4) is 0 Å². The second-order valence-electron chi connectivity index (χ2n) is 18.1. The van der Waals surface area contributed by atoms with E-state index in [2.05, 4.69) is 34.6 Å². The Morgan fingerprint density at radius 2 is 0.589 bits per heavy atom. The number of esters is 3. The number of ether oxygens (including phenoxy) is 3. The normalized spacial score (nSPS) is 12.1. The van der Waals surface area contributed by atoms with E-state index in [0.29, 0.717) is 19.3 Å². The van der Waals surface area contributed by atoms with Gasteiger partial charge in [-0.25, -0.2) is 0 Å². The van der Waals surface area contributed by atoms with Gasteiger partial charge < -0.3 is 14.2 Å². The maximum atomic E-state index is 12.7. The Morgan fingerprint density at radius 1 is 0.339 bits per heavy atom. The van der Waals surface area contributed by atoms with Crippen molar-refractivity contribution in [1.82, 2.24) is 0 Å². The van der Waals surface area contributed by atoms with Gasteiger partial charge in [-0.1, -0.05) is 234 Å². The van der Waals surface area contributed by atoms with E-state index in [0.717, 1.165) is 69.6 Å². The van der Waals surface area contributed by atoms with Crippen LogP contribution >= 0.6 is 0 Å². The van der Waals surface area contributed by atoms with E-state index in [9.17, 15) is 14.4 Å². The first-order valence-corrected chi connectivity index (χ1v) is 24.7. The molecule has 0 aliphatic rings. The van der Waals surface area contributed by atoms with Crippen LogP contribution in [0, 0.1) is 11.8 Å². The first kappa shape index (κ1) is 54.4. The van der Waals surface area contributed by atoms with Gasteiger partial charge in [0.05, 0.1) is 0 Å². The SMILES string of the molecule is CCCCCCCCCCCCCCCC(=O)OC[C@H](COC(=O)CCCCCCCCCCCCCCCC(C)C)OC(=O)CCCCCCCCC(C)C.